The first-order valence-corrected chi connectivity index (χ1v) is 13.0. The van der Waals surface area contributed by atoms with E-state index in [0.29, 0.717) is 5.39 Å². The molecule has 0 atom stereocenters. The maximum Gasteiger partial charge on any atom is 0.333 e. The molecule has 2 N–H and O–H groups in total. The Hall–Kier alpha value is -3.25. The Balaban J connectivity index is 1.39. The van der Waals surface area contributed by atoms with Gasteiger partial charge in [-0.15, -0.1) is 11.3 Å². The van der Waals surface area contributed by atoms with Crippen LogP contribution in [0, 0.1) is 5.82 Å². The molecule has 180 valence electrons. The van der Waals surface area contributed by atoms with Crippen molar-refractivity contribution in [3.63, 3.8) is 0 Å². The average molecular weight is 533 g/mol. The van der Waals surface area contributed by atoms with E-state index < -0.39 is 21.9 Å². The summed E-state index contributed by atoms with van der Waals surface area (Å²) in [6.07, 6.45) is 1.51. The number of carbonyl (C=O) groups excluding carboxylic acids is 1. The number of pyridine rings is 1. The van der Waals surface area contributed by atoms with Crippen molar-refractivity contribution in [3.05, 3.63) is 86.4 Å². The topological polar surface area (TPSA) is 101 Å². The number of anilines is 1. The van der Waals surface area contributed by atoms with Crippen LogP contribution in [-0.4, -0.2) is 31.0 Å². The summed E-state index contributed by atoms with van der Waals surface area (Å²) in [5, 5.41) is 3.55. The van der Waals surface area contributed by atoms with E-state index in [2.05, 4.69) is 10.2 Å². The number of amides is 2. The van der Waals surface area contributed by atoms with Gasteiger partial charge < -0.3 is 5.32 Å². The quantitative estimate of drug-likeness (QED) is 0.408. The van der Waals surface area contributed by atoms with Crippen molar-refractivity contribution < 1.29 is 17.6 Å². The van der Waals surface area contributed by atoms with E-state index in [0.717, 1.165) is 41.4 Å². The number of hydrogen-bond acceptors (Lipinski definition) is 6. The summed E-state index contributed by atoms with van der Waals surface area (Å²) in [6.45, 7) is 1.55. The van der Waals surface area contributed by atoms with Crippen LogP contribution in [0.2, 0.25) is 4.34 Å². The van der Waals surface area contributed by atoms with Crippen molar-refractivity contribution >= 4 is 55.5 Å². The van der Waals surface area contributed by atoms with E-state index >= 15 is 0 Å². The highest BCUT2D eigenvalue weighted by Gasteiger charge is 2.21. The number of nitrogens with zero attached hydrogens (tertiary/aromatic N) is 2. The molecular weight excluding hydrogens is 515 g/mol. The van der Waals surface area contributed by atoms with Gasteiger partial charge >= 0.3 is 6.03 Å². The van der Waals surface area contributed by atoms with E-state index in [1.807, 2.05) is 23.9 Å². The van der Waals surface area contributed by atoms with Gasteiger partial charge in [-0.1, -0.05) is 11.6 Å². The lowest BCUT2D eigenvalue weighted by Gasteiger charge is -2.12. The highest BCUT2D eigenvalue weighted by molar-refractivity contribution is 7.92. The monoisotopic (exact) mass is 532 g/mol. The fourth-order valence-corrected chi connectivity index (χ4v) is 6.45. The van der Waals surface area contributed by atoms with Crippen molar-refractivity contribution in [2.75, 3.05) is 12.4 Å². The van der Waals surface area contributed by atoms with Crippen LogP contribution in [0.4, 0.5) is 14.9 Å². The standard InChI is InChI=1S/C23H18ClFN4O4S2/c1-28-11-14-8-13-6-7-29(22(30)17(13)9-15(14)12-28)19-3-2-16(10-18(19)25)26-23(31)27-35(32,33)21-5-4-20(24)34-21/h2-10H,11-12H2,1H3,(H2,26,27,31). The number of fused-ring (bicyclic) bond motifs is 2. The predicted octanol–water partition coefficient (Wildman–Crippen LogP) is 4.30. The maximum absolute atomic E-state index is 15.0. The number of halogens is 2. The van der Waals surface area contributed by atoms with Crippen LogP contribution < -0.4 is 15.6 Å². The minimum absolute atomic E-state index is 0.00123. The van der Waals surface area contributed by atoms with Gasteiger partial charge in [0.2, 0.25) is 0 Å². The fourth-order valence-electron chi connectivity index (χ4n) is 4.06. The maximum atomic E-state index is 15.0. The molecule has 0 saturated carbocycles. The lowest BCUT2D eigenvalue weighted by molar-refractivity contribution is 0.256. The Morgan fingerprint density at radius 1 is 1.09 bits per heavy atom. The molecule has 2 aromatic heterocycles. The van der Waals surface area contributed by atoms with Crippen LogP contribution in [0.3, 0.4) is 0 Å². The molecule has 12 heteroatoms. The van der Waals surface area contributed by atoms with E-state index in [9.17, 15) is 22.4 Å². The lowest BCUT2D eigenvalue weighted by atomic mass is 10.0. The molecule has 0 bridgehead atoms. The molecule has 35 heavy (non-hydrogen) atoms. The van der Waals surface area contributed by atoms with Gasteiger partial charge in [0.1, 0.15) is 10.0 Å². The number of urea groups is 1. The van der Waals surface area contributed by atoms with Crippen molar-refractivity contribution in [1.29, 1.82) is 0 Å². The summed E-state index contributed by atoms with van der Waals surface area (Å²) < 4.78 is 42.6. The largest absolute Gasteiger partial charge is 0.333 e. The third kappa shape index (κ3) is 4.55. The van der Waals surface area contributed by atoms with Crippen LogP contribution in [0.25, 0.3) is 16.5 Å². The molecule has 4 aromatic rings. The summed E-state index contributed by atoms with van der Waals surface area (Å²) in [5.74, 6) is -0.766. The van der Waals surface area contributed by atoms with E-state index in [1.165, 1.54) is 40.6 Å². The SMILES string of the molecule is CN1Cc2cc3ccn(-c4ccc(NC(=O)NS(=O)(=O)c5ccc(Cl)s5)cc4F)c(=O)c3cc2C1. The Kier molecular flexibility index (Phi) is 5.88. The number of thiophene rings is 1. The summed E-state index contributed by atoms with van der Waals surface area (Å²) in [6, 6.07) is 10.9. The summed E-state index contributed by atoms with van der Waals surface area (Å²) in [7, 11) is -2.12. The molecule has 0 aliphatic carbocycles. The Morgan fingerprint density at radius 3 is 2.51 bits per heavy atom. The molecule has 0 spiro atoms. The fraction of sp³-hybridized carbons (Fsp3) is 0.130. The minimum atomic E-state index is -4.12. The minimum Gasteiger partial charge on any atom is -0.307 e. The summed E-state index contributed by atoms with van der Waals surface area (Å²) in [4.78, 5) is 27.5. The average Bonchev–Trinajstić information content (AvgIpc) is 3.38. The Morgan fingerprint density at radius 2 is 1.83 bits per heavy atom. The Bertz CT molecular complexity index is 1670. The van der Waals surface area contributed by atoms with Gasteiger partial charge in [0.15, 0.2) is 0 Å². The highest BCUT2D eigenvalue weighted by atomic mass is 35.5. The smallest absolute Gasteiger partial charge is 0.307 e. The number of rotatable bonds is 4. The molecule has 3 heterocycles. The second kappa shape index (κ2) is 8.76. The number of benzene rings is 2. The van der Waals surface area contributed by atoms with Gasteiger partial charge in [0.05, 0.1) is 10.0 Å². The van der Waals surface area contributed by atoms with Crippen molar-refractivity contribution in [2.24, 2.45) is 0 Å². The molecule has 0 fully saturated rings. The molecule has 0 unspecified atom stereocenters. The van der Waals surface area contributed by atoms with E-state index in [1.54, 1.807) is 6.07 Å². The zero-order valence-corrected chi connectivity index (χ0v) is 20.6. The number of hydrogen-bond donors (Lipinski definition) is 2. The number of aromatic nitrogens is 1. The molecule has 2 aromatic carbocycles. The van der Waals surface area contributed by atoms with Crippen molar-refractivity contribution in [3.8, 4) is 5.69 Å². The molecule has 1 aliphatic rings. The highest BCUT2D eigenvalue weighted by Crippen LogP contribution is 2.27. The summed E-state index contributed by atoms with van der Waals surface area (Å²) in [5.41, 5.74) is 1.89. The first-order valence-electron chi connectivity index (χ1n) is 10.4. The molecule has 0 radical (unpaired) electrons. The van der Waals surface area contributed by atoms with Crippen LogP contribution in [0.15, 0.2) is 63.7 Å². The molecule has 8 nitrogen and oxygen atoms in total. The van der Waals surface area contributed by atoms with Gasteiger partial charge in [-0.2, -0.15) is 0 Å². The van der Waals surface area contributed by atoms with Crippen LogP contribution in [0.5, 0.6) is 0 Å². The third-order valence-corrected chi connectivity index (χ3v) is 8.66. The van der Waals surface area contributed by atoms with Gasteiger partial charge in [0.25, 0.3) is 15.6 Å². The molecule has 5 rings (SSSR count). The number of nitrogens with one attached hydrogen (secondary N) is 2. The van der Waals surface area contributed by atoms with Gasteiger partial charge in [0, 0.05) is 30.4 Å². The zero-order chi connectivity index (χ0) is 24.9. The van der Waals surface area contributed by atoms with Crippen molar-refractivity contribution in [2.45, 2.75) is 17.3 Å². The Labute approximate surface area is 208 Å². The van der Waals surface area contributed by atoms with Crippen LogP contribution in [-0.2, 0) is 23.1 Å². The van der Waals surface area contributed by atoms with Crippen LogP contribution >= 0.6 is 22.9 Å². The van der Waals surface area contributed by atoms with Crippen LogP contribution in [0.1, 0.15) is 11.1 Å². The molecule has 2 amide bonds. The second-order valence-corrected chi connectivity index (χ2v) is 11.8. The number of carbonyl (C=O) groups is 1. The zero-order valence-electron chi connectivity index (χ0n) is 18.2. The molecule has 1 aliphatic heterocycles. The van der Waals surface area contributed by atoms with E-state index in [4.69, 9.17) is 11.6 Å². The predicted molar refractivity (Wildman–Crippen MR) is 133 cm³/mol. The van der Waals surface area contributed by atoms with Gasteiger partial charge in [-0.25, -0.2) is 22.3 Å². The summed E-state index contributed by atoms with van der Waals surface area (Å²) >= 11 is 6.54. The van der Waals surface area contributed by atoms with Gasteiger partial charge in [-0.05, 0) is 72.1 Å². The first kappa shape index (κ1) is 23.5. The molecule has 0 saturated heterocycles. The molecular formula is C23H18ClFN4O4S2. The second-order valence-electron chi connectivity index (χ2n) is 8.16. The lowest BCUT2D eigenvalue weighted by Crippen LogP contribution is -2.34. The normalized spacial score (nSPS) is 13.7. The van der Waals surface area contributed by atoms with E-state index in [-0.39, 0.29) is 25.5 Å². The first-order chi connectivity index (χ1) is 16.6. The number of sulfonamides is 1. The van der Waals surface area contributed by atoms with Crippen molar-refractivity contribution in [1.82, 2.24) is 14.2 Å². The van der Waals surface area contributed by atoms with Gasteiger partial charge in [-0.3, -0.25) is 14.3 Å². The third-order valence-electron chi connectivity index (χ3n) is 5.61.